The van der Waals surface area contributed by atoms with Crippen LogP contribution in [-0.2, 0) is 22.4 Å². The monoisotopic (exact) mass is 409 g/mol. The zero-order chi connectivity index (χ0) is 21.1. The molecule has 0 bridgehead atoms. The molecule has 0 radical (unpaired) electrons. The van der Waals surface area contributed by atoms with Crippen LogP contribution in [0.5, 0.6) is 0 Å². The number of anilines is 1. The molecule has 2 fully saturated rings. The Morgan fingerprint density at radius 3 is 2.87 bits per heavy atom. The second-order valence-electron chi connectivity index (χ2n) is 8.76. The second-order valence-corrected chi connectivity index (χ2v) is 8.76. The molecule has 160 valence electrons. The fourth-order valence-corrected chi connectivity index (χ4v) is 4.64. The van der Waals surface area contributed by atoms with Gasteiger partial charge in [0.1, 0.15) is 18.2 Å². The van der Waals surface area contributed by atoms with Gasteiger partial charge in [0.05, 0.1) is 23.6 Å². The first-order valence-corrected chi connectivity index (χ1v) is 10.8. The third kappa shape index (κ3) is 4.09. The average molecular weight is 410 g/mol. The van der Waals surface area contributed by atoms with Crippen LogP contribution >= 0.6 is 0 Å². The maximum Gasteiger partial charge on any atom is 0.411 e. The highest BCUT2D eigenvalue weighted by molar-refractivity contribution is 5.88. The van der Waals surface area contributed by atoms with Gasteiger partial charge in [-0.2, -0.15) is 0 Å². The van der Waals surface area contributed by atoms with E-state index in [9.17, 15) is 4.79 Å². The van der Waals surface area contributed by atoms with Crippen LogP contribution in [0.4, 0.5) is 10.5 Å². The molecule has 1 aromatic carbocycles. The Morgan fingerprint density at radius 2 is 2.20 bits per heavy atom. The first-order chi connectivity index (χ1) is 14.5. The number of amides is 1. The summed E-state index contributed by atoms with van der Waals surface area (Å²) >= 11 is 0. The molecule has 1 aromatic heterocycles. The number of carbonyl (C=O) groups excluding carboxylic acids is 1. The molecular formula is C24H31N3O3. The molecule has 2 aliphatic rings. The van der Waals surface area contributed by atoms with Gasteiger partial charge in [0.25, 0.3) is 0 Å². The number of ether oxygens (including phenoxy) is 2. The van der Waals surface area contributed by atoms with Crippen molar-refractivity contribution in [3.8, 4) is 0 Å². The van der Waals surface area contributed by atoms with Gasteiger partial charge in [0, 0.05) is 18.7 Å². The number of rotatable bonds is 6. The Balaban J connectivity index is 1.68. The largest absolute Gasteiger partial charge is 0.496 e. The number of aromatic nitrogens is 2. The summed E-state index contributed by atoms with van der Waals surface area (Å²) in [5.41, 5.74) is 2.64. The van der Waals surface area contributed by atoms with E-state index in [-0.39, 0.29) is 5.41 Å². The van der Waals surface area contributed by atoms with E-state index in [0.717, 1.165) is 35.6 Å². The number of nitrogens with zero attached hydrogens (tertiary/aromatic N) is 2. The third-order valence-electron chi connectivity index (χ3n) is 6.38. The van der Waals surface area contributed by atoms with Crippen molar-refractivity contribution in [2.75, 3.05) is 19.0 Å². The number of fused-ring (bicyclic) bond motifs is 1. The van der Waals surface area contributed by atoms with E-state index >= 15 is 0 Å². The molecule has 1 atom stereocenters. The van der Waals surface area contributed by atoms with Gasteiger partial charge in [0.2, 0.25) is 0 Å². The minimum atomic E-state index is -0.477. The lowest BCUT2D eigenvalue weighted by Gasteiger charge is -2.41. The van der Waals surface area contributed by atoms with E-state index in [2.05, 4.69) is 29.5 Å². The van der Waals surface area contributed by atoms with Crippen LogP contribution in [0.25, 0.3) is 11.0 Å². The number of benzene rings is 1. The lowest BCUT2D eigenvalue weighted by molar-refractivity contribution is -0.0245. The van der Waals surface area contributed by atoms with E-state index in [4.69, 9.17) is 14.5 Å². The van der Waals surface area contributed by atoms with Gasteiger partial charge < -0.3 is 14.0 Å². The van der Waals surface area contributed by atoms with Gasteiger partial charge in [-0.25, -0.2) is 9.78 Å². The molecule has 2 heterocycles. The fraction of sp³-hybridized carbons (Fsp3) is 0.500. The number of hydrogen-bond donors (Lipinski definition) is 1. The van der Waals surface area contributed by atoms with Gasteiger partial charge in [0.15, 0.2) is 0 Å². The van der Waals surface area contributed by atoms with Gasteiger partial charge in [-0.15, -0.1) is 0 Å². The van der Waals surface area contributed by atoms with E-state index in [1.54, 1.807) is 6.08 Å². The molecule has 30 heavy (non-hydrogen) atoms. The Morgan fingerprint density at radius 1 is 1.40 bits per heavy atom. The number of allylic oxidation sites excluding steroid dienone is 2. The van der Waals surface area contributed by atoms with Crippen molar-refractivity contribution in [2.24, 2.45) is 11.3 Å². The predicted octanol–water partition coefficient (Wildman–Crippen LogP) is 5.44. The molecule has 6 nitrogen and oxygen atoms in total. The fourth-order valence-electron chi connectivity index (χ4n) is 4.64. The lowest BCUT2D eigenvalue weighted by Crippen LogP contribution is -2.40. The van der Waals surface area contributed by atoms with Crippen molar-refractivity contribution in [3.05, 3.63) is 48.5 Å². The summed E-state index contributed by atoms with van der Waals surface area (Å²) in [7, 11) is 1.36. The normalized spacial score (nSPS) is 23.1. The molecular weight excluding hydrogens is 378 g/mol. The molecule has 1 aliphatic heterocycles. The second kappa shape index (κ2) is 8.54. The highest BCUT2D eigenvalue weighted by Gasteiger charge is 2.41. The topological polar surface area (TPSA) is 65.4 Å². The van der Waals surface area contributed by atoms with Crippen molar-refractivity contribution in [1.29, 1.82) is 0 Å². The molecule has 1 amide bonds. The van der Waals surface area contributed by atoms with Gasteiger partial charge in [-0.05, 0) is 50.0 Å². The van der Waals surface area contributed by atoms with E-state index in [0.29, 0.717) is 18.2 Å². The van der Waals surface area contributed by atoms with Gasteiger partial charge in [-0.1, -0.05) is 31.9 Å². The van der Waals surface area contributed by atoms with Crippen LogP contribution in [0.3, 0.4) is 0 Å². The Kier molecular flexibility index (Phi) is 5.84. The summed E-state index contributed by atoms with van der Waals surface area (Å²) in [4.78, 5) is 16.6. The van der Waals surface area contributed by atoms with Gasteiger partial charge >= 0.3 is 6.09 Å². The van der Waals surface area contributed by atoms with E-state index < -0.39 is 6.09 Å². The predicted molar refractivity (Wildman–Crippen MR) is 118 cm³/mol. The van der Waals surface area contributed by atoms with E-state index in [1.807, 2.05) is 18.2 Å². The number of nitrogens with one attached hydrogen (secondary N) is 1. The molecule has 1 N–H and O–H groups in total. The van der Waals surface area contributed by atoms with Gasteiger partial charge in [-0.3, -0.25) is 5.32 Å². The summed E-state index contributed by atoms with van der Waals surface area (Å²) in [6, 6.07) is 5.90. The summed E-state index contributed by atoms with van der Waals surface area (Å²) in [6.45, 7) is 7.71. The number of hydrogen-bond acceptors (Lipinski definition) is 4. The summed E-state index contributed by atoms with van der Waals surface area (Å²) in [5, 5.41) is 2.74. The minimum Gasteiger partial charge on any atom is -0.496 e. The first kappa shape index (κ1) is 20.5. The highest BCUT2D eigenvalue weighted by atomic mass is 16.5. The molecule has 4 rings (SSSR count). The first-order valence-electron chi connectivity index (χ1n) is 10.8. The Hall–Kier alpha value is -2.76. The minimum absolute atomic E-state index is 0.0625. The molecule has 6 heteroatoms. The quantitative estimate of drug-likeness (QED) is 0.689. The molecule has 1 saturated heterocycles. The zero-order valence-corrected chi connectivity index (χ0v) is 17.9. The summed E-state index contributed by atoms with van der Waals surface area (Å²) in [5.74, 6) is 2.74. The molecule has 1 saturated carbocycles. The maximum absolute atomic E-state index is 11.6. The number of carbonyl (C=O) groups is 1. The lowest BCUT2D eigenvalue weighted by atomic mass is 9.80. The van der Waals surface area contributed by atoms with Crippen LogP contribution in [0.2, 0.25) is 0 Å². The van der Waals surface area contributed by atoms with Crippen LogP contribution in [0.15, 0.2) is 42.7 Å². The SMILES string of the molecule is C=C/C=C1/OCC1(C)Cc1nc2cc(NC(=O)OC)ccc2n1CC1CCCCC1. The number of imidazole rings is 1. The highest BCUT2D eigenvalue weighted by Crippen LogP contribution is 2.42. The average Bonchev–Trinajstić information content (AvgIpc) is 3.07. The van der Waals surface area contributed by atoms with Crippen molar-refractivity contribution in [2.45, 2.75) is 52.0 Å². The van der Waals surface area contributed by atoms with Crippen molar-refractivity contribution in [3.63, 3.8) is 0 Å². The van der Waals surface area contributed by atoms with Crippen LogP contribution < -0.4 is 5.32 Å². The Bertz CT molecular complexity index is 971. The van der Waals surface area contributed by atoms with Crippen molar-refractivity contribution >= 4 is 22.8 Å². The standard InChI is InChI=1S/C24H31N3O3/c1-4-8-21-24(2,16-30-21)14-22-26-19-13-18(25-23(28)29-3)11-12-20(19)27(22)15-17-9-6-5-7-10-17/h4,8,11-13,17H,1,5-7,9-10,14-16H2,2-3H3,(H,25,28)/b21-8+. The van der Waals surface area contributed by atoms with Crippen LogP contribution in [0.1, 0.15) is 44.9 Å². The maximum atomic E-state index is 11.6. The summed E-state index contributed by atoms with van der Waals surface area (Å²) in [6.07, 6.45) is 10.6. The third-order valence-corrected chi connectivity index (χ3v) is 6.38. The zero-order valence-electron chi connectivity index (χ0n) is 17.9. The van der Waals surface area contributed by atoms with Crippen molar-refractivity contribution < 1.29 is 14.3 Å². The summed E-state index contributed by atoms with van der Waals surface area (Å²) < 4.78 is 12.8. The van der Waals surface area contributed by atoms with Crippen LogP contribution in [-0.4, -0.2) is 29.4 Å². The number of methoxy groups -OCH3 is 1. The van der Waals surface area contributed by atoms with Crippen LogP contribution in [0, 0.1) is 11.3 Å². The Labute approximate surface area is 178 Å². The molecule has 2 aromatic rings. The smallest absolute Gasteiger partial charge is 0.411 e. The molecule has 1 unspecified atom stereocenters. The molecule has 0 spiro atoms. The van der Waals surface area contributed by atoms with Crippen molar-refractivity contribution in [1.82, 2.24) is 9.55 Å². The molecule has 1 aliphatic carbocycles. The van der Waals surface area contributed by atoms with E-state index in [1.165, 1.54) is 39.2 Å².